The van der Waals surface area contributed by atoms with Crippen LogP contribution in [0.3, 0.4) is 0 Å². The second-order valence-corrected chi connectivity index (χ2v) is 3.97. The molecule has 0 spiro atoms. The van der Waals surface area contributed by atoms with Crippen LogP contribution in [0.5, 0.6) is 0 Å². The van der Waals surface area contributed by atoms with Crippen LogP contribution in [0.4, 0.5) is 0 Å². The largest absolute Gasteiger partial charge is 0.376 e. The molecule has 0 amide bonds. The molecule has 0 N–H and O–H groups in total. The first kappa shape index (κ1) is 9.53. The fraction of sp³-hybridized carbons (Fsp3) is 0.636. The molecule has 0 saturated carbocycles. The van der Waals surface area contributed by atoms with Crippen molar-refractivity contribution in [3.05, 3.63) is 23.8 Å². The average molecular weight is 166 g/mol. The first-order valence-corrected chi connectivity index (χ1v) is 4.46. The van der Waals surface area contributed by atoms with Crippen LogP contribution in [0, 0.1) is 5.41 Å². The molecule has 0 bridgehead atoms. The van der Waals surface area contributed by atoms with Gasteiger partial charge in [0.1, 0.15) is 0 Å². The number of hydrogen-bond donors (Lipinski definition) is 0. The molecule has 0 aromatic rings. The van der Waals surface area contributed by atoms with E-state index >= 15 is 0 Å². The van der Waals surface area contributed by atoms with Crippen LogP contribution in [0.15, 0.2) is 23.8 Å². The molecule has 1 heteroatoms. The predicted molar refractivity (Wildman–Crippen MR) is 52.1 cm³/mol. The number of hydrogen-bond acceptors (Lipinski definition) is 1. The highest BCUT2D eigenvalue weighted by Gasteiger charge is 2.33. The molecule has 1 aliphatic rings. The fourth-order valence-corrected chi connectivity index (χ4v) is 1.57. The van der Waals surface area contributed by atoms with Crippen LogP contribution < -0.4 is 0 Å². The molecule has 68 valence electrons. The third kappa shape index (κ3) is 1.78. The molecule has 12 heavy (non-hydrogen) atoms. The third-order valence-electron chi connectivity index (χ3n) is 2.71. The standard InChI is InChI=1S/C11H18O/c1-5-9(2)6-11(4)8-12-7-10(11)3/h5H,3,6-8H2,1-2,4H3/b9-5-/t11-/m0/s1. The van der Waals surface area contributed by atoms with Crippen molar-refractivity contribution in [2.45, 2.75) is 27.2 Å². The maximum atomic E-state index is 5.39. The molecule has 1 fully saturated rings. The molecule has 0 aliphatic carbocycles. The van der Waals surface area contributed by atoms with Crippen molar-refractivity contribution in [3.8, 4) is 0 Å². The summed E-state index contributed by atoms with van der Waals surface area (Å²) in [6.07, 6.45) is 3.25. The molecular weight excluding hydrogens is 148 g/mol. The number of rotatable bonds is 2. The van der Waals surface area contributed by atoms with Gasteiger partial charge in [0.05, 0.1) is 13.2 Å². The van der Waals surface area contributed by atoms with Crippen molar-refractivity contribution < 1.29 is 4.74 Å². The molecule has 1 saturated heterocycles. The summed E-state index contributed by atoms with van der Waals surface area (Å²) in [5, 5.41) is 0. The Hall–Kier alpha value is -0.560. The quantitative estimate of drug-likeness (QED) is 0.573. The Morgan fingerprint density at radius 1 is 1.75 bits per heavy atom. The lowest BCUT2D eigenvalue weighted by Crippen LogP contribution is -2.18. The SMILES string of the molecule is C=C1COC[C@]1(C)C/C(C)=C\C. The molecular formula is C11H18O. The van der Waals surface area contributed by atoms with Crippen LogP contribution in [0.2, 0.25) is 0 Å². The van der Waals surface area contributed by atoms with Crippen LogP contribution in [0.25, 0.3) is 0 Å². The van der Waals surface area contributed by atoms with E-state index in [1.165, 1.54) is 11.1 Å². The Morgan fingerprint density at radius 3 is 2.83 bits per heavy atom. The zero-order valence-electron chi connectivity index (χ0n) is 8.31. The van der Waals surface area contributed by atoms with Crippen molar-refractivity contribution in [2.75, 3.05) is 13.2 Å². The Morgan fingerprint density at radius 2 is 2.42 bits per heavy atom. The van der Waals surface area contributed by atoms with Gasteiger partial charge in [0.15, 0.2) is 0 Å². The van der Waals surface area contributed by atoms with Crippen molar-refractivity contribution in [1.82, 2.24) is 0 Å². The van der Waals surface area contributed by atoms with Crippen LogP contribution in [-0.2, 0) is 4.74 Å². The second-order valence-electron chi connectivity index (χ2n) is 3.97. The molecule has 0 radical (unpaired) electrons. The van der Waals surface area contributed by atoms with E-state index < -0.39 is 0 Å². The second kappa shape index (κ2) is 3.44. The van der Waals surface area contributed by atoms with Crippen molar-refractivity contribution in [3.63, 3.8) is 0 Å². The average Bonchev–Trinajstić information content (AvgIpc) is 2.32. The highest BCUT2D eigenvalue weighted by atomic mass is 16.5. The molecule has 1 aliphatic heterocycles. The first-order valence-electron chi connectivity index (χ1n) is 4.46. The van der Waals surface area contributed by atoms with Crippen LogP contribution >= 0.6 is 0 Å². The summed E-state index contributed by atoms with van der Waals surface area (Å²) < 4.78 is 5.39. The summed E-state index contributed by atoms with van der Waals surface area (Å²) in [7, 11) is 0. The molecule has 0 aromatic carbocycles. The van der Waals surface area contributed by atoms with Gasteiger partial charge in [-0.05, 0) is 25.8 Å². The summed E-state index contributed by atoms with van der Waals surface area (Å²) >= 11 is 0. The van der Waals surface area contributed by atoms with Crippen LogP contribution in [-0.4, -0.2) is 13.2 Å². The van der Waals surface area contributed by atoms with Gasteiger partial charge in [-0.1, -0.05) is 25.2 Å². The summed E-state index contributed by atoms with van der Waals surface area (Å²) in [6.45, 7) is 12.1. The van der Waals surface area contributed by atoms with Gasteiger partial charge in [-0.3, -0.25) is 0 Å². The van der Waals surface area contributed by atoms with Gasteiger partial charge in [-0.2, -0.15) is 0 Å². The molecule has 0 aromatic heterocycles. The molecule has 1 nitrogen and oxygen atoms in total. The maximum absolute atomic E-state index is 5.39. The normalized spacial score (nSPS) is 31.2. The highest BCUT2D eigenvalue weighted by Crippen LogP contribution is 2.37. The van der Waals surface area contributed by atoms with Gasteiger partial charge in [0.25, 0.3) is 0 Å². The van der Waals surface area contributed by atoms with E-state index in [4.69, 9.17) is 4.74 Å². The third-order valence-corrected chi connectivity index (χ3v) is 2.71. The Labute approximate surface area is 75.1 Å². The zero-order chi connectivity index (χ0) is 9.19. The van der Waals surface area contributed by atoms with Crippen molar-refractivity contribution in [1.29, 1.82) is 0 Å². The smallest absolute Gasteiger partial charge is 0.0680 e. The zero-order valence-corrected chi connectivity index (χ0v) is 8.31. The van der Waals surface area contributed by atoms with Crippen LogP contribution in [0.1, 0.15) is 27.2 Å². The topological polar surface area (TPSA) is 9.23 Å². The predicted octanol–water partition coefficient (Wildman–Crippen LogP) is 2.94. The monoisotopic (exact) mass is 166 g/mol. The van der Waals surface area contributed by atoms with Crippen molar-refractivity contribution >= 4 is 0 Å². The summed E-state index contributed by atoms with van der Waals surface area (Å²) in [5.74, 6) is 0. The summed E-state index contributed by atoms with van der Waals surface area (Å²) in [6, 6.07) is 0. The van der Waals surface area contributed by atoms with Crippen molar-refractivity contribution in [2.24, 2.45) is 5.41 Å². The van der Waals surface area contributed by atoms with E-state index in [1.807, 2.05) is 0 Å². The maximum Gasteiger partial charge on any atom is 0.0680 e. The fourth-order valence-electron chi connectivity index (χ4n) is 1.57. The first-order chi connectivity index (χ1) is 5.58. The number of allylic oxidation sites excluding steroid dienone is 2. The minimum atomic E-state index is 0.191. The van der Waals surface area contributed by atoms with Gasteiger partial charge in [0, 0.05) is 5.41 Å². The minimum absolute atomic E-state index is 0.191. The highest BCUT2D eigenvalue weighted by molar-refractivity contribution is 5.18. The van der Waals surface area contributed by atoms with Gasteiger partial charge >= 0.3 is 0 Å². The lowest BCUT2D eigenvalue weighted by molar-refractivity contribution is 0.159. The van der Waals surface area contributed by atoms with E-state index in [0.717, 1.165) is 19.6 Å². The summed E-state index contributed by atoms with van der Waals surface area (Å²) in [5.41, 5.74) is 2.85. The van der Waals surface area contributed by atoms with Gasteiger partial charge < -0.3 is 4.74 Å². The van der Waals surface area contributed by atoms with E-state index in [1.54, 1.807) is 0 Å². The van der Waals surface area contributed by atoms with E-state index in [9.17, 15) is 0 Å². The Kier molecular flexibility index (Phi) is 2.73. The van der Waals surface area contributed by atoms with E-state index in [2.05, 4.69) is 33.4 Å². The minimum Gasteiger partial charge on any atom is -0.376 e. The van der Waals surface area contributed by atoms with Gasteiger partial charge in [-0.15, -0.1) is 0 Å². The summed E-state index contributed by atoms with van der Waals surface area (Å²) in [4.78, 5) is 0. The molecule has 1 heterocycles. The lowest BCUT2D eigenvalue weighted by atomic mass is 9.80. The van der Waals surface area contributed by atoms with E-state index in [0.29, 0.717) is 0 Å². The molecule has 1 rings (SSSR count). The van der Waals surface area contributed by atoms with E-state index in [-0.39, 0.29) is 5.41 Å². The number of ether oxygens (including phenoxy) is 1. The molecule has 1 atom stereocenters. The van der Waals surface area contributed by atoms with Gasteiger partial charge in [0.2, 0.25) is 0 Å². The lowest BCUT2D eigenvalue weighted by Gasteiger charge is -2.23. The Bertz CT molecular complexity index is 215. The molecule has 0 unspecified atom stereocenters. The Balaban J connectivity index is 2.66. The van der Waals surface area contributed by atoms with Gasteiger partial charge in [-0.25, -0.2) is 0 Å².